The van der Waals surface area contributed by atoms with Crippen molar-refractivity contribution in [2.45, 2.75) is 19.1 Å². The molecule has 0 saturated carbocycles. The van der Waals surface area contributed by atoms with Gasteiger partial charge < -0.3 is 20.3 Å². The summed E-state index contributed by atoms with van der Waals surface area (Å²) >= 11 is 0. The van der Waals surface area contributed by atoms with Gasteiger partial charge in [0.1, 0.15) is 12.6 Å². The summed E-state index contributed by atoms with van der Waals surface area (Å²) < 4.78 is 4.75. The molecule has 0 bridgehead atoms. The molecule has 0 aliphatic carbocycles. The molecule has 0 unspecified atom stereocenters. The molecule has 2 aromatic carbocycles. The molecular weight excluding hydrogens is 384 g/mol. The van der Waals surface area contributed by atoms with Crippen molar-refractivity contribution in [1.29, 1.82) is 0 Å². The molecule has 1 heterocycles. The number of amides is 3. The van der Waals surface area contributed by atoms with Crippen LogP contribution in [0.1, 0.15) is 18.1 Å². The number of ether oxygens (including phenoxy) is 1. The van der Waals surface area contributed by atoms with Gasteiger partial charge in [0.05, 0.1) is 11.4 Å². The minimum atomic E-state index is -1.13. The number of methoxy groups -OCH3 is 1. The minimum absolute atomic E-state index is 0.158. The smallest absolute Gasteiger partial charge is 0.272 e. The van der Waals surface area contributed by atoms with Crippen molar-refractivity contribution < 1.29 is 19.1 Å². The van der Waals surface area contributed by atoms with Crippen molar-refractivity contribution >= 4 is 29.1 Å². The average molecular weight is 408 g/mol. The molecule has 0 aromatic heterocycles. The normalized spacial score (nSPS) is 16.8. The summed E-state index contributed by atoms with van der Waals surface area (Å²) in [5.41, 5.74) is 2.92. The fourth-order valence-corrected chi connectivity index (χ4v) is 3.18. The van der Waals surface area contributed by atoms with Gasteiger partial charge in [-0.05, 0) is 13.0 Å². The second kappa shape index (κ2) is 9.32. The summed E-state index contributed by atoms with van der Waals surface area (Å²) in [5, 5.41) is 5.17. The van der Waals surface area contributed by atoms with Gasteiger partial charge in [-0.25, -0.2) is 4.99 Å². The van der Waals surface area contributed by atoms with Crippen LogP contribution in [0.15, 0.2) is 59.6 Å². The van der Waals surface area contributed by atoms with Crippen LogP contribution in [0.2, 0.25) is 0 Å². The number of likely N-dealkylation sites (N-methyl/N-ethyl adjacent to an activating group) is 1. The Hall–Kier alpha value is -3.52. The van der Waals surface area contributed by atoms with E-state index in [0.717, 1.165) is 11.1 Å². The summed E-state index contributed by atoms with van der Waals surface area (Å²) in [6.07, 6.45) is -1.13. The molecule has 1 aliphatic rings. The highest BCUT2D eigenvalue weighted by molar-refractivity contribution is 6.20. The summed E-state index contributed by atoms with van der Waals surface area (Å²) in [4.78, 5) is 43.5. The molecule has 2 aromatic rings. The number of hydrogen-bond donors (Lipinski definition) is 2. The third-order valence-electron chi connectivity index (χ3n) is 4.72. The van der Waals surface area contributed by atoms with Crippen LogP contribution in [0.5, 0.6) is 0 Å². The quantitative estimate of drug-likeness (QED) is 0.747. The summed E-state index contributed by atoms with van der Waals surface area (Å²) in [6.45, 7) is 1.37. The highest BCUT2D eigenvalue weighted by atomic mass is 16.5. The van der Waals surface area contributed by atoms with Crippen LogP contribution >= 0.6 is 0 Å². The van der Waals surface area contributed by atoms with Crippen LogP contribution in [0.3, 0.4) is 0 Å². The van der Waals surface area contributed by atoms with Gasteiger partial charge in [0.25, 0.3) is 5.91 Å². The minimum Gasteiger partial charge on any atom is -0.375 e. The van der Waals surface area contributed by atoms with Crippen LogP contribution < -0.4 is 15.5 Å². The first-order valence-corrected chi connectivity index (χ1v) is 9.51. The molecule has 0 radical (unpaired) electrons. The Morgan fingerprint density at radius 2 is 1.80 bits per heavy atom. The fraction of sp³-hybridized carbons (Fsp3) is 0.273. The second-order valence-corrected chi connectivity index (χ2v) is 6.89. The SMILES string of the molecule is COCC(=O)N[C@@H](C)C(=O)N[C@H]1N=C(c2ccccc2)c2ccccc2N(C)C1=O. The summed E-state index contributed by atoms with van der Waals surface area (Å²) in [5.74, 6) is -1.32. The van der Waals surface area contributed by atoms with E-state index in [1.54, 1.807) is 7.05 Å². The van der Waals surface area contributed by atoms with E-state index < -0.39 is 24.0 Å². The first-order chi connectivity index (χ1) is 14.4. The standard InChI is InChI=1S/C22H24N4O4/c1-14(23-18(27)13-30-3)21(28)25-20-22(29)26(2)17-12-8-7-11-16(17)19(24-20)15-9-5-4-6-10-15/h4-12,14,20H,13H2,1-3H3,(H,23,27)(H,25,28)/t14-,20+/m0/s1. The van der Waals surface area contributed by atoms with Crippen LogP contribution in [-0.2, 0) is 19.1 Å². The molecule has 156 valence electrons. The van der Waals surface area contributed by atoms with Crippen LogP contribution in [-0.4, -0.2) is 56.4 Å². The lowest BCUT2D eigenvalue weighted by Gasteiger charge is -2.22. The molecule has 8 nitrogen and oxygen atoms in total. The number of rotatable bonds is 6. The summed E-state index contributed by atoms with van der Waals surface area (Å²) in [6, 6.07) is 16.1. The molecule has 1 aliphatic heterocycles. The number of carbonyl (C=O) groups is 3. The Labute approximate surface area is 174 Å². The lowest BCUT2D eigenvalue weighted by molar-refractivity contribution is -0.132. The lowest BCUT2D eigenvalue weighted by Crippen LogP contribution is -2.52. The van der Waals surface area contributed by atoms with Crippen molar-refractivity contribution in [1.82, 2.24) is 10.6 Å². The van der Waals surface area contributed by atoms with Gasteiger partial charge in [-0.15, -0.1) is 0 Å². The number of para-hydroxylation sites is 1. The second-order valence-electron chi connectivity index (χ2n) is 6.89. The number of fused-ring (bicyclic) bond motifs is 1. The predicted molar refractivity (Wildman–Crippen MR) is 113 cm³/mol. The van der Waals surface area contributed by atoms with Gasteiger partial charge >= 0.3 is 0 Å². The molecule has 30 heavy (non-hydrogen) atoms. The molecule has 2 N–H and O–H groups in total. The Morgan fingerprint density at radius 1 is 1.13 bits per heavy atom. The van der Waals surface area contributed by atoms with Crippen molar-refractivity contribution in [3.63, 3.8) is 0 Å². The van der Waals surface area contributed by atoms with Gasteiger partial charge in [0.2, 0.25) is 18.0 Å². The summed E-state index contributed by atoms with van der Waals surface area (Å²) in [7, 11) is 3.04. The average Bonchev–Trinajstić information content (AvgIpc) is 2.85. The zero-order valence-electron chi connectivity index (χ0n) is 17.1. The lowest BCUT2D eigenvalue weighted by atomic mass is 10.0. The third kappa shape index (κ3) is 4.55. The zero-order chi connectivity index (χ0) is 21.7. The van der Waals surface area contributed by atoms with Crippen molar-refractivity contribution in [2.75, 3.05) is 25.7 Å². The maximum atomic E-state index is 13.1. The van der Waals surface area contributed by atoms with Gasteiger partial charge in [0.15, 0.2) is 0 Å². The van der Waals surface area contributed by atoms with Crippen LogP contribution in [0.4, 0.5) is 5.69 Å². The molecule has 3 amide bonds. The Kier molecular flexibility index (Phi) is 6.58. The Balaban J connectivity index is 1.94. The van der Waals surface area contributed by atoms with Crippen molar-refractivity contribution in [2.24, 2.45) is 4.99 Å². The topological polar surface area (TPSA) is 100 Å². The van der Waals surface area contributed by atoms with Gasteiger partial charge in [-0.3, -0.25) is 14.4 Å². The number of benzodiazepines with no additional fused rings is 1. The number of hydrogen-bond acceptors (Lipinski definition) is 5. The van der Waals surface area contributed by atoms with E-state index in [0.29, 0.717) is 11.4 Å². The van der Waals surface area contributed by atoms with E-state index in [9.17, 15) is 14.4 Å². The van der Waals surface area contributed by atoms with E-state index in [1.807, 2.05) is 54.6 Å². The Morgan fingerprint density at radius 3 is 2.50 bits per heavy atom. The largest absolute Gasteiger partial charge is 0.375 e. The van der Waals surface area contributed by atoms with Crippen LogP contribution in [0, 0.1) is 0 Å². The maximum Gasteiger partial charge on any atom is 0.272 e. The molecule has 0 fully saturated rings. The van der Waals surface area contributed by atoms with E-state index in [-0.39, 0.29) is 12.5 Å². The van der Waals surface area contributed by atoms with Gasteiger partial charge in [-0.2, -0.15) is 0 Å². The zero-order valence-corrected chi connectivity index (χ0v) is 17.1. The molecular formula is C22H24N4O4. The number of aliphatic imine (C=N–C) groups is 1. The van der Waals surface area contributed by atoms with E-state index in [1.165, 1.54) is 18.9 Å². The first kappa shape index (κ1) is 21.2. The van der Waals surface area contributed by atoms with Crippen molar-refractivity contribution in [3.05, 3.63) is 65.7 Å². The predicted octanol–water partition coefficient (Wildman–Crippen LogP) is 1.09. The highest BCUT2D eigenvalue weighted by Gasteiger charge is 2.32. The molecule has 8 heteroatoms. The highest BCUT2D eigenvalue weighted by Crippen LogP contribution is 2.27. The van der Waals surface area contributed by atoms with Crippen LogP contribution in [0.25, 0.3) is 0 Å². The van der Waals surface area contributed by atoms with Gasteiger partial charge in [-0.1, -0.05) is 48.5 Å². The number of benzene rings is 2. The van der Waals surface area contributed by atoms with E-state index >= 15 is 0 Å². The number of carbonyl (C=O) groups excluding carboxylic acids is 3. The number of anilines is 1. The molecule has 0 saturated heterocycles. The monoisotopic (exact) mass is 408 g/mol. The molecule has 3 rings (SSSR count). The van der Waals surface area contributed by atoms with Gasteiger partial charge in [0, 0.05) is 25.3 Å². The van der Waals surface area contributed by atoms with E-state index in [4.69, 9.17) is 4.74 Å². The van der Waals surface area contributed by atoms with E-state index in [2.05, 4.69) is 15.6 Å². The van der Waals surface area contributed by atoms with Crippen molar-refractivity contribution in [3.8, 4) is 0 Å². The first-order valence-electron chi connectivity index (χ1n) is 9.51. The fourth-order valence-electron chi connectivity index (χ4n) is 3.18. The number of nitrogens with one attached hydrogen (secondary N) is 2. The Bertz CT molecular complexity index is 974. The third-order valence-corrected chi connectivity index (χ3v) is 4.72. The molecule has 2 atom stereocenters. The number of nitrogens with zero attached hydrogens (tertiary/aromatic N) is 2. The molecule has 0 spiro atoms. The maximum absolute atomic E-state index is 13.1.